The first-order chi connectivity index (χ1) is 21.3. The summed E-state index contributed by atoms with van der Waals surface area (Å²) in [4.78, 5) is 56.7. The lowest BCUT2D eigenvalue weighted by atomic mass is 9.55. The van der Waals surface area contributed by atoms with E-state index in [1.807, 2.05) is 56.3 Å². The van der Waals surface area contributed by atoms with E-state index in [-0.39, 0.29) is 42.5 Å². The van der Waals surface area contributed by atoms with Gasteiger partial charge in [-0.05, 0) is 83.6 Å². The molecule has 2 aliphatic heterocycles. The molecule has 3 amide bonds. The first-order valence-electron chi connectivity index (χ1n) is 15.1. The van der Waals surface area contributed by atoms with Crippen LogP contribution in [0.5, 0.6) is 5.75 Å². The summed E-state index contributed by atoms with van der Waals surface area (Å²) in [5.41, 5.74) is 7.97. The maximum Gasteiger partial charge on any atom is 0.316 e. The summed E-state index contributed by atoms with van der Waals surface area (Å²) in [6.45, 7) is 4.26. The lowest BCUT2D eigenvalue weighted by Crippen LogP contribution is -2.41. The highest BCUT2D eigenvalue weighted by Gasteiger charge is 2.61. The van der Waals surface area contributed by atoms with E-state index in [2.05, 4.69) is 24.3 Å². The van der Waals surface area contributed by atoms with Gasteiger partial charge in [-0.15, -0.1) is 0 Å². The highest BCUT2D eigenvalue weighted by atomic mass is 16.5. The number of aryl methyl sites for hydroxylation is 2. The van der Waals surface area contributed by atoms with Crippen LogP contribution in [-0.2, 0) is 19.2 Å². The van der Waals surface area contributed by atoms with Gasteiger partial charge in [-0.3, -0.25) is 19.2 Å². The molecule has 0 unspecified atom stereocenters. The van der Waals surface area contributed by atoms with E-state index in [4.69, 9.17) is 4.74 Å². The topological polar surface area (TPSA) is 84.0 Å². The van der Waals surface area contributed by atoms with Crippen LogP contribution in [-0.4, -0.2) is 30.2 Å². The third kappa shape index (κ3) is 3.81. The smallest absolute Gasteiger partial charge is 0.316 e. The number of nitrogens with zero attached hydrogens (tertiary/aromatic N) is 2. The number of amides is 3. The van der Waals surface area contributed by atoms with Crippen LogP contribution in [0.25, 0.3) is 0 Å². The van der Waals surface area contributed by atoms with Crippen LogP contribution in [0.4, 0.5) is 11.4 Å². The van der Waals surface area contributed by atoms with Gasteiger partial charge in [-0.1, -0.05) is 54.6 Å². The summed E-state index contributed by atoms with van der Waals surface area (Å²) in [5, 5.41) is 0. The molecule has 0 N–H and O–H groups in total. The van der Waals surface area contributed by atoms with Crippen LogP contribution >= 0.6 is 0 Å². The molecule has 218 valence electrons. The first-order valence-corrected chi connectivity index (χ1v) is 15.1. The molecule has 0 spiro atoms. The molecule has 2 bridgehead atoms. The monoisotopic (exact) mass is 582 g/mol. The second kappa shape index (κ2) is 9.74. The molecule has 0 radical (unpaired) electrons. The Bertz CT molecular complexity index is 1780. The molecule has 4 aromatic rings. The summed E-state index contributed by atoms with van der Waals surface area (Å²) >= 11 is 0. The molecular formula is C37H30N2O5. The zero-order valence-electron chi connectivity index (χ0n) is 24.4. The third-order valence-corrected chi connectivity index (χ3v) is 10.0. The molecule has 44 heavy (non-hydrogen) atoms. The molecule has 3 atom stereocenters. The summed E-state index contributed by atoms with van der Waals surface area (Å²) in [6.07, 6.45) is 0.0799. The van der Waals surface area contributed by atoms with Crippen molar-refractivity contribution in [1.29, 1.82) is 0 Å². The van der Waals surface area contributed by atoms with Crippen molar-refractivity contribution in [1.82, 2.24) is 0 Å². The molecule has 2 heterocycles. The van der Waals surface area contributed by atoms with Crippen LogP contribution in [0.2, 0.25) is 0 Å². The lowest BCUT2D eigenvalue weighted by molar-refractivity contribution is -0.139. The van der Waals surface area contributed by atoms with E-state index in [1.165, 1.54) is 4.90 Å². The second-order valence-corrected chi connectivity index (χ2v) is 12.4. The van der Waals surface area contributed by atoms with Crippen molar-refractivity contribution in [2.24, 2.45) is 17.8 Å². The quantitative estimate of drug-likeness (QED) is 0.176. The zero-order chi connectivity index (χ0) is 30.3. The summed E-state index contributed by atoms with van der Waals surface area (Å²) < 4.78 is 5.66. The van der Waals surface area contributed by atoms with Gasteiger partial charge in [0.25, 0.3) is 0 Å². The lowest BCUT2D eigenvalue weighted by Gasteiger charge is -2.45. The molecule has 2 saturated heterocycles. The highest BCUT2D eigenvalue weighted by Crippen LogP contribution is 2.61. The predicted octanol–water partition coefficient (Wildman–Crippen LogP) is 5.66. The van der Waals surface area contributed by atoms with Gasteiger partial charge in [0.05, 0.1) is 23.4 Å². The molecule has 4 aromatic carbocycles. The fourth-order valence-corrected chi connectivity index (χ4v) is 7.80. The average molecular weight is 583 g/mol. The highest BCUT2D eigenvalue weighted by molar-refractivity contribution is 6.23. The molecule has 5 aliphatic rings. The number of carbonyl (C=O) groups excluding carboxylic acids is 4. The van der Waals surface area contributed by atoms with E-state index in [0.29, 0.717) is 11.4 Å². The normalized spacial score (nSPS) is 24.8. The van der Waals surface area contributed by atoms with Crippen LogP contribution < -0.4 is 14.5 Å². The number of hydrogen-bond donors (Lipinski definition) is 0. The largest absolute Gasteiger partial charge is 0.426 e. The Morgan fingerprint density at radius 2 is 1.20 bits per heavy atom. The molecule has 7 heteroatoms. The van der Waals surface area contributed by atoms with Crippen molar-refractivity contribution < 1.29 is 23.9 Å². The van der Waals surface area contributed by atoms with Gasteiger partial charge in [-0.25, -0.2) is 4.90 Å². The predicted molar refractivity (Wildman–Crippen MR) is 164 cm³/mol. The van der Waals surface area contributed by atoms with Gasteiger partial charge in [0.1, 0.15) is 5.75 Å². The van der Waals surface area contributed by atoms with Gasteiger partial charge in [0.15, 0.2) is 0 Å². The van der Waals surface area contributed by atoms with E-state index >= 15 is 0 Å². The molecular weight excluding hydrogens is 552 g/mol. The number of ether oxygens (including phenoxy) is 1. The van der Waals surface area contributed by atoms with Crippen molar-refractivity contribution in [3.8, 4) is 5.75 Å². The minimum Gasteiger partial charge on any atom is -0.426 e. The second-order valence-electron chi connectivity index (χ2n) is 12.4. The number of anilines is 2. The van der Waals surface area contributed by atoms with E-state index in [1.54, 1.807) is 29.2 Å². The van der Waals surface area contributed by atoms with Gasteiger partial charge in [-0.2, -0.15) is 0 Å². The number of benzene rings is 4. The SMILES string of the molecule is Cc1ccc(N2C[C@H](C(=O)Oc3ccc(N4C(=O)[C@H]5C6c7ccccc7C(c7ccccc76)[C@@H]5C4=O)cc3)CC2=O)cc1C. The van der Waals surface area contributed by atoms with Crippen molar-refractivity contribution in [2.45, 2.75) is 32.1 Å². The Morgan fingerprint density at radius 3 is 1.73 bits per heavy atom. The van der Waals surface area contributed by atoms with Crippen LogP contribution in [0.3, 0.4) is 0 Å². The van der Waals surface area contributed by atoms with Gasteiger partial charge >= 0.3 is 5.97 Å². The number of rotatable bonds is 4. The molecule has 7 nitrogen and oxygen atoms in total. The van der Waals surface area contributed by atoms with E-state index < -0.39 is 23.7 Å². The van der Waals surface area contributed by atoms with Gasteiger partial charge < -0.3 is 9.64 Å². The van der Waals surface area contributed by atoms with Gasteiger partial charge in [0.2, 0.25) is 17.7 Å². The van der Waals surface area contributed by atoms with E-state index in [0.717, 1.165) is 39.1 Å². The Hall–Kier alpha value is -5.04. The third-order valence-electron chi connectivity index (χ3n) is 10.0. The number of hydrogen-bond acceptors (Lipinski definition) is 5. The standard InChI is InChI=1S/C37H30N2O5/c1-20-11-12-24(17-21(20)2)38-19-22(18-30(38)40)37(43)44-25-15-13-23(14-16-25)39-35(41)33-31-26-7-3-4-8-27(26)32(34(33)36(39)42)29-10-6-5-9-28(29)31/h3-17,22,31-34H,18-19H2,1-2H3/t22-,31?,32?,33+,34+/m1/s1. The number of imide groups is 1. The zero-order valence-corrected chi connectivity index (χ0v) is 24.4. The minimum absolute atomic E-state index is 0.0799. The van der Waals surface area contributed by atoms with Crippen molar-refractivity contribution in [2.75, 3.05) is 16.3 Å². The molecule has 9 rings (SSSR count). The fourth-order valence-electron chi connectivity index (χ4n) is 7.80. The summed E-state index contributed by atoms with van der Waals surface area (Å²) in [7, 11) is 0. The Kier molecular flexibility index (Phi) is 5.88. The Morgan fingerprint density at radius 1 is 0.682 bits per heavy atom. The average Bonchev–Trinajstić information content (AvgIpc) is 3.56. The molecule has 3 aliphatic carbocycles. The number of esters is 1. The minimum atomic E-state index is -0.590. The summed E-state index contributed by atoms with van der Waals surface area (Å²) in [6, 6.07) is 28.7. The molecule has 0 aromatic heterocycles. The van der Waals surface area contributed by atoms with Gasteiger partial charge in [0, 0.05) is 30.5 Å². The van der Waals surface area contributed by atoms with Crippen LogP contribution in [0, 0.1) is 31.6 Å². The fraction of sp³-hybridized carbons (Fsp3) is 0.243. The Labute approximate surface area is 255 Å². The van der Waals surface area contributed by atoms with Crippen molar-refractivity contribution in [3.05, 3.63) is 124 Å². The summed E-state index contributed by atoms with van der Waals surface area (Å²) in [5.74, 6) is -2.54. The van der Waals surface area contributed by atoms with Crippen molar-refractivity contribution in [3.63, 3.8) is 0 Å². The maximum absolute atomic E-state index is 14.0. The first kappa shape index (κ1) is 26.6. The maximum atomic E-state index is 14.0. The van der Waals surface area contributed by atoms with Crippen LogP contribution in [0.15, 0.2) is 91.0 Å². The van der Waals surface area contributed by atoms with Crippen molar-refractivity contribution >= 4 is 35.1 Å². The molecule has 2 fully saturated rings. The number of carbonyl (C=O) groups is 4. The molecule has 0 saturated carbocycles. The van der Waals surface area contributed by atoms with E-state index in [9.17, 15) is 19.2 Å². The Balaban J connectivity index is 1.01. The van der Waals surface area contributed by atoms with Crippen LogP contribution in [0.1, 0.15) is 51.6 Å².